The monoisotopic (exact) mass is 401 g/mol. The Morgan fingerprint density at radius 3 is 2.38 bits per heavy atom. The Morgan fingerprint density at radius 1 is 0.897 bits per heavy atom. The molecule has 0 saturated heterocycles. The zero-order valence-corrected chi connectivity index (χ0v) is 16.7. The van der Waals surface area contributed by atoms with Gasteiger partial charge in [-0.1, -0.05) is 6.07 Å². The first-order chi connectivity index (χ1) is 14.1. The Balaban J connectivity index is 1.80. The van der Waals surface area contributed by atoms with E-state index in [2.05, 4.69) is 16.0 Å². The van der Waals surface area contributed by atoms with Gasteiger partial charge in [-0.15, -0.1) is 0 Å². The number of carbonyl (C=O) groups excluding carboxylic acids is 2. The molecule has 0 spiro atoms. The van der Waals surface area contributed by atoms with E-state index in [0.717, 1.165) is 11.4 Å². The molecule has 0 atom stereocenters. The predicted octanol–water partition coefficient (Wildman–Crippen LogP) is 2.14. The highest BCUT2D eigenvalue weighted by molar-refractivity contribution is 5.98. The van der Waals surface area contributed by atoms with Gasteiger partial charge >= 0.3 is 0 Å². The molecule has 0 aliphatic rings. The molecule has 0 heterocycles. The van der Waals surface area contributed by atoms with Gasteiger partial charge in [0.05, 0.1) is 19.8 Å². The van der Waals surface area contributed by atoms with Crippen molar-refractivity contribution in [2.45, 2.75) is 0 Å². The van der Waals surface area contributed by atoms with E-state index in [1.165, 1.54) is 0 Å². The highest BCUT2D eigenvalue weighted by Crippen LogP contribution is 2.16. The number of hydrogen-bond acceptors (Lipinski definition) is 6. The van der Waals surface area contributed by atoms with E-state index in [0.29, 0.717) is 37.6 Å². The fourth-order valence-corrected chi connectivity index (χ4v) is 2.41. The van der Waals surface area contributed by atoms with Gasteiger partial charge in [-0.05, 0) is 42.5 Å². The lowest BCUT2D eigenvalue weighted by Gasteiger charge is -2.10. The number of ether oxygens (including phenoxy) is 3. The van der Waals surface area contributed by atoms with E-state index < -0.39 is 0 Å². The molecule has 156 valence electrons. The number of nitrogens with one attached hydrogen (secondary N) is 3. The van der Waals surface area contributed by atoms with Crippen molar-refractivity contribution in [3.8, 4) is 5.75 Å². The number of benzene rings is 2. The van der Waals surface area contributed by atoms with Crippen molar-refractivity contribution >= 4 is 23.2 Å². The molecule has 0 aromatic heterocycles. The fraction of sp³-hybridized carbons (Fsp3) is 0.333. The van der Waals surface area contributed by atoms with Crippen molar-refractivity contribution in [3.63, 3.8) is 0 Å². The molecule has 0 aliphatic heterocycles. The molecular weight excluding hydrogens is 374 g/mol. The van der Waals surface area contributed by atoms with Crippen LogP contribution in [0, 0.1) is 0 Å². The molecule has 2 amide bonds. The van der Waals surface area contributed by atoms with Crippen LogP contribution in [0.1, 0.15) is 10.4 Å². The van der Waals surface area contributed by atoms with Crippen LogP contribution in [-0.2, 0) is 14.3 Å². The molecule has 0 aliphatic carbocycles. The van der Waals surface area contributed by atoms with Crippen molar-refractivity contribution in [2.75, 3.05) is 57.8 Å². The molecule has 2 aromatic rings. The van der Waals surface area contributed by atoms with Crippen LogP contribution in [0.3, 0.4) is 0 Å². The van der Waals surface area contributed by atoms with Gasteiger partial charge < -0.3 is 30.2 Å². The van der Waals surface area contributed by atoms with E-state index >= 15 is 0 Å². The SMILES string of the molecule is COCCNC(=O)c1cccc(NC(=O)CNc2ccc(OCCOC)cc2)c1. The lowest BCUT2D eigenvalue weighted by Crippen LogP contribution is -2.27. The smallest absolute Gasteiger partial charge is 0.251 e. The lowest BCUT2D eigenvalue weighted by atomic mass is 10.2. The zero-order valence-electron chi connectivity index (χ0n) is 16.7. The second kappa shape index (κ2) is 12.4. The first-order valence-corrected chi connectivity index (χ1v) is 9.25. The highest BCUT2D eigenvalue weighted by Gasteiger charge is 2.08. The maximum absolute atomic E-state index is 12.2. The highest BCUT2D eigenvalue weighted by atomic mass is 16.5. The van der Waals surface area contributed by atoms with Gasteiger partial charge in [0.15, 0.2) is 0 Å². The summed E-state index contributed by atoms with van der Waals surface area (Å²) in [6.45, 7) is 1.96. The number of rotatable bonds is 12. The van der Waals surface area contributed by atoms with Crippen LogP contribution in [0.2, 0.25) is 0 Å². The van der Waals surface area contributed by atoms with Crippen LogP contribution in [0.4, 0.5) is 11.4 Å². The molecule has 8 heteroatoms. The first kappa shape index (κ1) is 22.2. The third-order valence-electron chi connectivity index (χ3n) is 3.86. The predicted molar refractivity (Wildman–Crippen MR) is 112 cm³/mol. The maximum Gasteiger partial charge on any atom is 0.251 e. The van der Waals surface area contributed by atoms with Crippen molar-refractivity contribution in [2.24, 2.45) is 0 Å². The quantitative estimate of drug-likeness (QED) is 0.472. The van der Waals surface area contributed by atoms with E-state index in [1.54, 1.807) is 38.5 Å². The molecule has 0 unspecified atom stereocenters. The molecule has 8 nitrogen and oxygen atoms in total. The topological polar surface area (TPSA) is 97.9 Å². The lowest BCUT2D eigenvalue weighted by molar-refractivity contribution is -0.114. The molecule has 0 saturated carbocycles. The number of anilines is 2. The average Bonchev–Trinajstić information content (AvgIpc) is 2.73. The van der Waals surface area contributed by atoms with E-state index in [1.807, 2.05) is 24.3 Å². The molecular formula is C21H27N3O5. The van der Waals surface area contributed by atoms with Crippen LogP contribution in [0.25, 0.3) is 0 Å². The molecule has 2 rings (SSSR count). The van der Waals surface area contributed by atoms with Crippen LogP contribution in [-0.4, -0.2) is 58.9 Å². The van der Waals surface area contributed by atoms with Crippen molar-refractivity contribution in [1.29, 1.82) is 0 Å². The summed E-state index contributed by atoms with van der Waals surface area (Å²) in [6, 6.07) is 14.1. The first-order valence-electron chi connectivity index (χ1n) is 9.25. The summed E-state index contributed by atoms with van der Waals surface area (Å²) in [5.41, 5.74) is 1.82. The minimum Gasteiger partial charge on any atom is -0.491 e. The van der Waals surface area contributed by atoms with Gasteiger partial charge in [-0.2, -0.15) is 0 Å². The van der Waals surface area contributed by atoms with Crippen molar-refractivity contribution in [3.05, 3.63) is 54.1 Å². The normalized spacial score (nSPS) is 10.3. The Labute approximate surface area is 170 Å². The number of hydrogen-bond donors (Lipinski definition) is 3. The molecule has 0 fully saturated rings. The number of carbonyl (C=O) groups is 2. The summed E-state index contributed by atoms with van der Waals surface area (Å²) in [6.07, 6.45) is 0. The Bertz CT molecular complexity index is 780. The second-order valence-electron chi connectivity index (χ2n) is 6.10. The summed E-state index contributed by atoms with van der Waals surface area (Å²) in [5, 5.41) is 8.56. The molecule has 2 aromatic carbocycles. The van der Waals surface area contributed by atoms with E-state index in [-0.39, 0.29) is 18.4 Å². The second-order valence-corrected chi connectivity index (χ2v) is 6.10. The van der Waals surface area contributed by atoms with E-state index in [9.17, 15) is 9.59 Å². The zero-order chi connectivity index (χ0) is 20.9. The molecule has 0 bridgehead atoms. The van der Waals surface area contributed by atoms with Gasteiger partial charge in [-0.25, -0.2) is 0 Å². The standard InChI is InChI=1S/C21H27N3O5/c1-27-11-10-22-21(26)16-4-3-5-18(14-16)24-20(25)15-23-17-6-8-19(9-7-17)29-13-12-28-2/h3-9,14,23H,10-13,15H2,1-2H3,(H,22,26)(H,24,25). The van der Waals surface area contributed by atoms with E-state index in [4.69, 9.17) is 14.2 Å². The Kier molecular flexibility index (Phi) is 9.47. The summed E-state index contributed by atoms with van der Waals surface area (Å²) in [7, 11) is 3.19. The summed E-state index contributed by atoms with van der Waals surface area (Å²) >= 11 is 0. The molecule has 0 radical (unpaired) electrons. The molecule has 29 heavy (non-hydrogen) atoms. The maximum atomic E-state index is 12.2. The summed E-state index contributed by atoms with van der Waals surface area (Å²) < 4.78 is 15.3. The largest absolute Gasteiger partial charge is 0.491 e. The third kappa shape index (κ3) is 8.20. The van der Waals surface area contributed by atoms with Crippen LogP contribution in [0.5, 0.6) is 5.75 Å². The van der Waals surface area contributed by atoms with Crippen LogP contribution >= 0.6 is 0 Å². The summed E-state index contributed by atoms with van der Waals surface area (Å²) in [4.78, 5) is 24.3. The van der Waals surface area contributed by atoms with Gasteiger partial charge in [-0.3, -0.25) is 9.59 Å². The molecule has 3 N–H and O–H groups in total. The van der Waals surface area contributed by atoms with Crippen LogP contribution < -0.4 is 20.7 Å². The fourth-order valence-electron chi connectivity index (χ4n) is 2.41. The van der Waals surface area contributed by atoms with Crippen molar-refractivity contribution < 1.29 is 23.8 Å². The minimum absolute atomic E-state index is 0.0914. The number of methoxy groups -OCH3 is 2. The van der Waals surface area contributed by atoms with Crippen molar-refractivity contribution in [1.82, 2.24) is 5.32 Å². The Morgan fingerprint density at radius 2 is 1.66 bits per heavy atom. The van der Waals surface area contributed by atoms with Gasteiger partial charge in [0.1, 0.15) is 12.4 Å². The minimum atomic E-state index is -0.220. The average molecular weight is 401 g/mol. The number of amides is 2. The third-order valence-corrected chi connectivity index (χ3v) is 3.86. The van der Waals surface area contributed by atoms with Gasteiger partial charge in [0, 0.05) is 37.7 Å². The van der Waals surface area contributed by atoms with Crippen LogP contribution in [0.15, 0.2) is 48.5 Å². The summed E-state index contributed by atoms with van der Waals surface area (Å²) in [5.74, 6) is 0.295. The van der Waals surface area contributed by atoms with Gasteiger partial charge in [0.2, 0.25) is 5.91 Å². The van der Waals surface area contributed by atoms with Gasteiger partial charge in [0.25, 0.3) is 5.91 Å². The Hall–Kier alpha value is -3.10.